The molecule has 0 unspecified atom stereocenters. The van der Waals surface area contributed by atoms with Gasteiger partial charge in [-0.3, -0.25) is 0 Å². The molecule has 0 saturated heterocycles. The molecule has 0 aromatic carbocycles. The lowest BCUT2D eigenvalue weighted by atomic mass is 10.3. The molecule has 0 amide bonds. The molecule has 9 heteroatoms. The lowest BCUT2D eigenvalue weighted by Gasteiger charge is -2.25. The Labute approximate surface area is 150 Å². The van der Waals surface area contributed by atoms with Crippen LogP contribution < -0.4 is 0 Å². The van der Waals surface area contributed by atoms with Crippen LogP contribution in [-0.2, 0) is 26.6 Å². The summed E-state index contributed by atoms with van der Waals surface area (Å²) in [6.07, 6.45) is 4.29. The third-order valence-electron chi connectivity index (χ3n) is 4.41. The van der Waals surface area contributed by atoms with Crippen molar-refractivity contribution in [2.75, 3.05) is 62.8 Å². The van der Waals surface area contributed by atoms with Crippen molar-refractivity contribution in [3.8, 4) is 0 Å². The monoisotopic (exact) mass is 383 g/mol. The van der Waals surface area contributed by atoms with E-state index in [-0.39, 0.29) is 0 Å². The van der Waals surface area contributed by atoms with Crippen molar-refractivity contribution in [1.29, 1.82) is 0 Å². The van der Waals surface area contributed by atoms with E-state index < -0.39 is 17.6 Å². The molecular weight excluding hydrogens is 346 g/mol. The lowest BCUT2D eigenvalue weighted by molar-refractivity contribution is 0.122. The van der Waals surface area contributed by atoms with Crippen LogP contribution in [0.25, 0.3) is 0 Å². The maximum absolute atomic E-state index is 5.44. The second-order valence-electron chi connectivity index (χ2n) is 5.81. The predicted molar refractivity (Wildman–Crippen MR) is 99.1 cm³/mol. The highest BCUT2D eigenvalue weighted by molar-refractivity contribution is 6.60. The van der Waals surface area contributed by atoms with E-state index in [0.29, 0.717) is 0 Å². The average Bonchev–Trinajstić information content (AvgIpc) is 2.63. The van der Waals surface area contributed by atoms with Gasteiger partial charge in [-0.2, -0.15) is 0 Å². The largest absolute Gasteiger partial charge is 0.500 e. The number of hydrogen-bond acceptors (Lipinski definition) is 7. The van der Waals surface area contributed by atoms with Crippen molar-refractivity contribution in [3.05, 3.63) is 0 Å². The Morgan fingerprint density at radius 1 is 0.542 bits per heavy atom. The van der Waals surface area contributed by atoms with E-state index in [1.54, 1.807) is 42.7 Å². The highest BCUT2D eigenvalue weighted by Crippen LogP contribution is 2.18. The van der Waals surface area contributed by atoms with Crippen molar-refractivity contribution in [1.82, 2.24) is 4.90 Å². The molecule has 0 aliphatic rings. The number of hydrogen-bond donors (Lipinski definition) is 0. The first-order valence-corrected chi connectivity index (χ1v) is 12.3. The Balaban J connectivity index is 3.86. The number of nitrogens with zero attached hydrogens (tertiary/aromatic N) is 1. The van der Waals surface area contributed by atoms with E-state index in [1.807, 2.05) is 0 Å². The normalized spacial score (nSPS) is 13.0. The van der Waals surface area contributed by atoms with Crippen LogP contribution in [0.1, 0.15) is 25.7 Å². The zero-order valence-electron chi connectivity index (χ0n) is 16.6. The summed E-state index contributed by atoms with van der Waals surface area (Å²) < 4.78 is 32.6. The SMILES string of the molecule is CO[Si](CCCCN(C)CCCC[Si](OC)(OC)OC)(OC)OC. The second kappa shape index (κ2) is 13.4. The molecule has 0 N–H and O–H groups in total. The molecule has 0 heterocycles. The van der Waals surface area contributed by atoms with Gasteiger partial charge in [-0.1, -0.05) is 0 Å². The molecule has 0 aliphatic heterocycles. The summed E-state index contributed by atoms with van der Waals surface area (Å²) in [6, 6.07) is 1.71. The van der Waals surface area contributed by atoms with Crippen molar-refractivity contribution in [2.45, 2.75) is 37.8 Å². The van der Waals surface area contributed by atoms with E-state index in [9.17, 15) is 0 Å². The summed E-state index contributed by atoms with van der Waals surface area (Å²) in [7, 11) is 7.30. The fourth-order valence-electron chi connectivity index (χ4n) is 2.67. The summed E-state index contributed by atoms with van der Waals surface area (Å²) in [5, 5.41) is 0. The van der Waals surface area contributed by atoms with Gasteiger partial charge in [0, 0.05) is 54.7 Å². The Bertz CT molecular complexity index is 259. The Morgan fingerprint density at radius 3 is 1.08 bits per heavy atom. The molecule has 0 aromatic heterocycles. The van der Waals surface area contributed by atoms with Crippen LogP contribution in [0.5, 0.6) is 0 Å². The van der Waals surface area contributed by atoms with Crippen molar-refractivity contribution in [3.63, 3.8) is 0 Å². The first-order chi connectivity index (χ1) is 11.5. The Hall–Kier alpha value is 0.154. The van der Waals surface area contributed by atoms with E-state index in [0.717, 1.165) is 50.9 Å². The van der Waals surface area contributed by atoms with Gasteiger partial charge in [-0.15, -0.1) is 0 Å². The minimum absolute atomic E-state index is 0.855. The molecule has 0 bridgehead atoms. The van der Waals surface area contributed by atoms with Gasteiger partial charge in [0.2, 0.25) is 0 Å². The van der Waals surface area contributed by atoms with E-state index in [1.165, 1.54) is 0 Å². The molecule has 24 heavy (non-hydrogen) atoms. The first-order valence-electron chi connectivity index (χ1n) is 8.46. The molecule has 146 valence electrons. The third kappa shape index (κ3) is 8.50. The quantitative estimate of drug-likeness (QED) is 0.299. The van der Waals surface area contributed by atoms with Gasteiger partial charge >= 0.3 is 17.6 Å². The molecule has 0 saturated carbocycles. The van der Waals surface area contributed by atoms with Crippen LogP contribution in [0.4, 0.5) is 0 Å². The second-order valence-corrected chi connectivity index (χ2v) is 12.0. The predicted octanol–water partition coefficient (Wildman–Crippen LogP) is 2.23. The minimum Gasteiger partial charge on any atom is -0.377 e. The van der Waals surface area contributed by atoms with Crippen LogP contribution >= 0.6 is 0 Å². The highest BCUT2D eigenvalue weighted by atomic mass is 28.4. The van der Waals surface area contributed by atoms with E-state index in [2.05, 4.69) is 11.9 Å². The lowest BCUT2D eigenvalue weighted by Crippen LogP contribution is -2.42. The first kappa shape index (κ1) is 24.2. The summed E-state index contributed by atoms with van der Waals surface area (Å²) in [6.45, 7) is 2.12. The van der Waals surface area contributed by atoms with Crippen LogP contribution in [0.2, 0.25) is 12.1 Å². The molecule has 0 spiro atoms. The smallest absolute Gasteiger partial charge is 0.377 e. The summed E-state index contributed by atoms with van der Waals surface area (Å²) >= 11 is 0. The average molecular weight is 384 g/mol. The minimum atomic E-state index is -2.41. The summed E-state index contributed by atoms with van der Waals surface area (Å²) in [4.78, 5) is 2.35. The molecule has 7 nitrogen and oxygen atoms in total. The van der Waals surface area contributed by atoms with Crippen molar-refractivity contribution >= 4 is 17.6 Å². The standard InChI is InChI=1S/C15H37NO6Si2/c1-16(12-8-10-14-23(17-2,18-3)19-4)13-9-11-15-24(20-5,21-6)22-7/h8-15H2,1-7H3. The molecule has 0 rings (SSSR count). The summed E-state index contributed by atoms with van der Waals surface area (Å²) in [5.41, 5.74) is 0. The molecular formula is C15H37NO6Si2. The number of unbranched alkanes of at least 4 members (excludes halogenated alkanes) is 2. The van der Waals surface area contributed by atoms with Gasteiger partial charge in [0.25, 0.3) is 0 Å². The van der Waals surface area contributed by atoms with Crippen LogP contribution in [-0.4, -0.2) is 85.3 Å². The third-order valence-corrected chi connectivity index (χ3v) is 10.1. The van der Waals surface area contributed by atoms with Crippen LogP contribution in [0.3, 0.4) is 0 Å². The summed E-state index contributed by atoms with van der Waals surface area (Å²) in [5.74, 6) is 0. The van der Waals surface area contributed by atoms with Crippen LogP contribution in [0.15, 0.2) is 0 Å². The van der Waals surface area contributed by atoms with Gasteiger partial charge < -0.3 is 31.5 Å². The molecule has 0 radical (unpaired) electrons. The zero-order chi connectivity index (χ0) is 18.5. The van der Waals surface area contributed by atoms with Gasteiger partial charge in [0.1, 0.15) is 0 Å². The van der Waals surface area contributed by atoms with Crippen molar-refractivity contribution < 1.29 is 26.6 Å². The number of rotatable bonds is 16. The molecule has 0 aliphatic carbocycles. The molecule has 0 fully saturated rings. The zero-order valence-corrected chi connectivity index (χ0v) is 18.6. The van der Waals surface area contributed by atoms with Gasteiger partial charge in [-0.05, 0) is 45.8 Å². The fourth-order valence-corrected chi connectivity index (χ4v) is 6.26. The van der Waals surface area contributed by atoms with E-state index >= 15 is 0 Å². The Kier molecular flexibility index (Phi) is 13.5. The highest BCUT2D eigenvalue weighted by Gasteiger charge is 2.37. The molecule has 0 aromatic rings. The topological polar surface area (TPSA) is 58.6 Å². The van der Waals surface area contributed by atoms with E-state index in [4.69, 9.17) is 26.6 Å². The van der Waals surface area contributed by atoms with Gasteiger partial charge in [0.15, 0.2) is 0 Å². The van der Waals surface area contributed by atoms with Gasteiger partial charge in [-0.25, -0.2) is 0 Å². The fraction of sp³-hybridized carbons (Fsp3) is 1.00. The Morgan fingerprint density at radius 2 is 0.833 bits per heavy atom. The van der Waals surface area contributed by atoms with Crippen molar-refractivity contribution in [2.24, 2.45) is 0 Å². The maximum atomic E-state index is 5.44. The van der Waals surface area contributed by atoms with Gasteiger partial charge in [0.05, 0.1) is 0 Å². The van der Waals surface area contributed by atoms with Crippen LogP contribution in [0, 0.1) is 0 Å². The molecule has 0 atom stereocenters. The maximum Gasteiger partial charge on any atom is 0.500 e.